The molecule has 4 rings (SSSR count). The third-order valence-corrected chi connectivity index (χ3v) is 5.10. The van der Waals surface area contributed by atoms with Gasteiger partial charge in [-0.1, -0.05) is 60.3 Å². The summed E-state index contributed by atoms with van der Waals surface area (Å²) < 4.78 is 0. The van der Waals surface area contributed by atoms with E-state index in [0.29, 0.717) is 0 Å². The molecule has 2 aromatic carbocycles. The molecule has 0 spiro atoms. The predicted octanol–water partition coefficient (Wildman–Crippen LogP) is 4.80. The Kier molecular flexibility index (Phi) is 4.23. The van der Waals surface area contributed by atoms with Crippen LogP contribution < -0.4 is 5.01 Å². The topological polar surface area (TPSA) is 41.4 Å². The number of nitrogens with zero attached hydrogens (tertiary/aromatic N) is 4. The van der Waals surface area contributed by atoms with Gasteiger partial charge in [-0.25, -0.2) is 15.0 Å². The Hall–Kier alpha value is -2.31. The van der Waals surface area contributed by atoms with E-state index in [1.165, 1.54) is 0 Å². The first-order valence-corrected chi connectivity index (χ1v) is 9.47. The third-order valence-electron chi connectivity index (χ3n) is 3.53. The van der Waals surface area contributed by atoms with E-state index in [2.05, 4.69) is 22.1 Å². The minimum absolute atomic E-state index is 0.767. The van der Waals surface area contributed by atoms with Crippen LogP contribution in [0, 0.1) is 0 Å². The summed E-state index contributed by atoms with van der Waals surface area (Å²) >= 11 is 3.12. The van der Waals surface area contributed by atoms with Crippen LogP contribution in [0.5, 0.6) is 0 Å². The smallest absolute Gasteiger partial charge is 0.188 e. The fourth-order valence-electron chi connectivity index (χ4n) is 2.38. The summed E-state index contributed by atoms with van der Waals surface area (Å²) in [5.41, 5.74) is 2.98. The monoisotopic (exact) mass is 350 g/mol. The summed E-state index contributed by atoms with van der Waals surface area (Å²) in [6, 6.07) is 20.3. The Labute approximate surface area is 149 Å². The molecule has 6 heteroatoms. The summed E-state index contributed by atoms with van der Waals surface area (Å²) in [4.78, 5) is 9.09. The Morgan fingerprint density at radius 3 is 2.38 bits per heavy atom. The van der Waals surface area contributed by atoms with Crippen molar-refractivity contribution in [1.82, 2.24) is 9.97 Å². The van der Waals surface area contributed by atoms with Gasteiger partial charge in [-0.3, -0.25) is 0 Å². The van der Waals surface area contributed by atoms with Gasteiger partial charge in [0.05, 0.1) is 11.9 Å². The zero-order chi connectivity index (χ0) is 16.4. The molecule has 1 aromatic heterocycles. The molecule has 0 amide bonds. The van der Waals surface area contributed by atoms with E-state index in [4.69, 9.17) is 5.10 Å². The van der Waals surface area contributed by atoms with Gasteiger partial charge in [0, 0.05) is 5.56 Å². The van der Waals surface area contributed by atoms with Crippen LogP contribution in [0.15, 0.2) is 82.1 Å². The van der Waals surface area contributed by atoms with Crippen LogP contribution in [-0.2, 0) is 0 Å². The minimum Gasteiger partial charge on any atom is -0.229 e. The van der Waals surface area contributed by atoms with E-state index in [-0.39, 0.29) is 0 Å². The molecule has 0 unspecified atom stereocenters. The van der Waals surface area contributed by atoms with Crippen LogP contribution in [0.3, 0.4) is 0 Å². The molecule has 2 heterocycles. The highest BCUT2D eigenvalue weighted by atomic mass is 32.2. The lowest BCUT2D eigenvalue weighted by Gasteiger charge is -2.26. The first kappa shape index (κ1) is 15.2. The van der Waals surface area contributed by atoms with Crippen LogP contribution in [-0.4, -0.2) is 21.3 Å². The summed E-state index contributed by atoms with van der Waals surface area (Å²) in [5.74, 6) is 0. The van der Waals surface area contributed by atoms with E-state index in [1.54, 1.807) is 23.5 Å². The van der Waals surface area contributed by atoms with E-state index in [9.17, 15) is 0 Å². The zero-order valence-corrected chi connectivity index (χ0v) is 14.6. The SMILES string of the molecule is CSc1ncc2c(n1)SC(c1ccccc1)=NN2c1ccccc1. The summed E-state index contributed by atoms with van der Waals surface area (Å²) in [6.45, 7) is 0. The Bertz CT molecular complexity index is 882. The summed E-state index contributed by atoms with van der Waals surface area (Å²) in [6.07, 6.45) is 3.83. The molecule has 1 aliphatic heterocycles. The van der Waals surface area contributed by atoms with Crippen molar-refractivity contribution >= 4 is 39.9 Å². The van der Waals surface area contributed by atoms with Gasteiger partial charge in [-0.15, -0.1) is 0 Å². The van der Waals surface area contributed by atoms with E-state index in [1.807, 2.05) is 66.0 Å². The molecule has 0 saturated heterocycles. The number of hydrazone groups is 1. The molecule has 118 valence electrons. The van der Waals surface area contributed by atoms with Gasteiger partial charge in [0.1, 0.15) is 15.8 Å². The number of thioether (sulfide) groups is 2. The molecule has 0 atom stereocenters. The number of aromatic nitrogens is 2. The van der Waals surface area contributed by atoms with Crippen molar-refractivity contribution in [3.05, 3.63) is 72.4 Å². The number of para-hydroxylation sites is 1. The molecule has 24 heavy (non-hydrogen) atoms. The maximum Gasteiger partial charge on any atom is 0.188 e. The van der Waals surface area contributed by atoms with E-state index < -0.39 is 0 Å². The number of rotatable bonds is 3. The third kappa shape index (κ3) is 2.90. The van der Waals surface area contributed by atoms with Crippen molar-refractivity contribution < 1.29 is 0 Å². The first-order chi connectivity index (χ1) is 11.8. The van der Waals surface area contributed by atoms with Crippen LogP contribution in [0.2, 0.25) is 0 Å². The molecule has 3 aromatic rings. The zero-order valence-electron chi connectivity index (χ0n) is 13.0. The molecule has 1 aliphatic rings. The average molecular weight is 350 g/mol. The fraction of sp³-hybridized carbons (Fsp3) is 0.0556. The summed E-state index contributed by atoms with van der Waals surface area (Å²) in [7, 11) is 0. The average Bonchev–Trinajstić information content (AvgIpc) is 2.68. The Balaban J connectivity index is 1.85. The van der Waals surface area contributed by atoms with Crippen LogP contribution in [0.1, 0.15) is 5.56 Å². The van der Waals surface area contributed by atoms with Crippen LogP contribution >= 0.6 is 23.5 Å². The molecule has 0 aliphatic carbocycles. The van der Waals surface area contributed by atoms with E-state index in [0.717, 1.165) is 32.2 Å². The van der Waals surface area contributed by atoms with Crippen molar-refractivity contribution in [2.24, 2.45) is 5.10 Å². The lowest BCUT2D eigenvalue weighted by molar-refractivity contribution is 0.869. The fourth-order valence-corrected chi connectivity index (χ4v) is 3.72. The second kappa shape index (κ2) is 6.67. The number of fused-ring (bicyclic) bond motifs is 1. The van der Waals surface area contributed by atoms with Gasteiger partial charge in [0.25, 0.3) is 0 Å². The highest BCUT2D eigenvalue weighted by Gasteiger charge is 2.24. The van der Waals surface area contributed by atoms with Gasteiger partial charge in [-0.05, 0) is 30.2 Å². The van der Waals surface area contributed by atoms with Crippen molar-refractivity contribution in [3.63, 3.8) is 0 Å². The first-order valence-electron chi connectivity index (χ1n) is 7.43. The van der Waals surface area contributed by atoms with Crippen molar-refractivity contribution in [1.29, 1.82) is 0 Å². The van der Waals surface area contributed by atoms with Crippen molar-refractivity contribution in [3.8, 4) is 0 Å². The normalized spacial score (nSPS) is 13.4. The highest BCUT2D eigenvalue weighted by molar-refractivity contribution is 8.14. The predicted molar refractivity (Wildman–Crippen MR) is 101 cm³/mol. The lowest BCUT2D eigenvalue weighted by atomic mass is 10.2. The number of hydrogen-bond acceptors (Lipinski definition) is 6. The maximum absolute atomic E-state index is 4.85. The second-order valence-corrected chi connectivity index (χ2v) is 6.82. The van der Waals surface area contributed by atoms with Gasteiger partial charge < -0.3 is 0 Å². The second-order valence-electron chi connectivity index (χ2n) is 5.07. The molecule has 0 saturated carbocycles. The quantitative estimate of drug-likeness (QED) is 0.385. The largest absolute Gasteiger partial charge is 0.229 e. The highest BCUT2D eigenvalue weighted by Crippen LogP contribution is 2.40. The molecule has 0 bridgehead atoms. The molecule has 0 fully saturated rings. The van der Waals surface area contributed by atoms with Crippen molar-refractivity contribution in [2.75, 3.05) is 11.3 Å². The lowest BCUT2D eigenvalue weighted by Crippen LogP contribution is -2.18. The Morgan fingerprint density at radius 1 is 0.958 bits per heavy atom. The van der Waals surface area contributed by atoms with Gasteiger partial charge >= 0.3 is 0 Å². The van der Waals surface area contributed by atoms with Gasteiger partial charge in [0.15, 0.2) is 5.16 Å². The van der Waals surface area contributed by atoms with Crippen LogP contribution in [0.4, 0.5) is 11.4 Å². The van der Waals surface area contributed by atoms with Gasteiger partial charge in [-0.2, -0.15) is 5.10 Å². The summed E-state index contributed by atoms with van der Waals surface area (Å²) in [5, 5.41) is 9.38. The van der Waals surface area contributed by atoms with Crippen LogP contribution in [0.25, 0.3) is 0 Å². The number of hydrogen-bond donors (Lipinski definition) is 0. The maximum atomic E-state index is 4.85. The van der Waals surface area contributed by atoms with Crippen molar-refractivity contribution in [2.45, 2.75) is 10.2 Å². The molecule has 0 radical (unpaired) electrons. The Morgan fingerprint density at radius 2 is 1.67 bits per heavy atom. The molecule has 4 nitrogen and oxygen atoms in total. The van der Waals surface area contributed by atoms with Gasteiger partial charge in [0.2, 0.25) is 0 Å². The van der Waals surface area contributed by atoms with E-state index >= 15 is 0 Å². The molecule has 0 N–H and O–H groups in total. The number of anilines is 2. The standard InChI is InChI=1S/C18H14N4S2/c1-23-18-19-12-15-17(20-18)24-16(13-8-4-2-5-9-13)21-22(15)14-10-6-3-7-11-14/h2-12H,1H3. The molecular weight excluding hydrogens is 336 g/mol. The minimum atomic E-state index is 0.767. The molecular formula is C18H14N4S2. The number of benzene rings is 2.